The van der Waals surface area contributed by atoms with Crippen LogP contribution in [0.1, 0.15) is 42.6 Å². The summed E-state index contributed by atoms with van der Waals surface area (Å²) in [6, 6.07) is 0. The first-order chi connectivity index (χ1) is 11.2. The van der Waals surface area contributed by atoms with Gasteiger partial charge < -0.3 is 14.4 Å². The third kappa shape index (κ3) is 3.59. The Balaban J connectivity index is 1.25. The first-order valence-electron chi connectivity index (χ1n) is 8.61. The molecule has 126 valence electrons. The minimum atomic E-state index is 0.0735. The predicted molar refractivity (Wildman–Crippen MR) is 87.6 cm³/mol. The summed E-state index contributed by atoms with van der Waals surface area (Å²) in [7, 11) is 0. The Kier molecular flexibility index (Phi) is 4.39. The molecule has 3 fully saturated rings. The van der Waals surface area contributed by atoms with Crippen molar-refractivity contribution < 1.29 is 14.3 Å². The fourth-order valence-corrected chi connectivity index (χ4v) is 4.19. The van der Waals surface area contributed by atoms with Gasteiger partial charge in [0, 0.05) is 25.1 Å². The van der Waals surface area contributed by atoms with Gasteiger partial charge in [-0.05, 0) is 43.4 Å². The van der Waals surface area contributed by atoms with Gasteiger partial charge >= 0.3 is 0 Å². The first kappa shape index (κ1) is 15.5. The molecule has 4 rings (SSSR count). The lowest BCUT2D eigenvalue weighted by molar-refractivity contribution is 0.00937. The van der Waals surface area contributed by atoms with Crippen LogP contribution in [-0.4, -0.2) is 54.8 Å². The van der Waals surface area contributed by atoms with Crippen molar-refractivity contribution in [3.8, 4) is 0 Å². The van der Waals surface area contributed by atoms with Crippen LogP contribution in [0.4, 0.5) is 0 Å². The molecule has 0 bridgehead atoms. The van der Waals surface area contributed by atoms with Gasteiger partial charge in [0.25, 0.3) is 5.91 Å². The molecule has 23 heavy (non-hydrogen) atoms. The Bertz CT molecular complexity index is 536. The maximum atomic E-state index is 12.4. The molecule has 1 spiro atoms. The van der Waals surface area contributed by atoms with Gasteiger partial charge in [-0.15, -0.1) is 11.3 Å². The molecular weight excluding hydrogens is 312 g/mol. The molecule has 0 N–H and O–H groups in total. The summed E-state index contributed by atoms with van der Waals surface area (Å²) in [4.78, 5) is 18.4. The van der Waals surface area contributed by atoms with Gasteiger partial charge in [-0.1, -0.05) is 0 Å². The largest absolute Gasteiger partial charge is 0.378 e. The maximum absolute atomic E-state index is 12.4. The Labute approximate surface area is 141 Å². The molecule has 1 atom stereocenters. The number of carbonyl (C=O) groups is 1. The van der Waals surface area contributed by atoms with Crippen molar-refractivity contribution in [1.82, 2.24) is 9.88 Å². The summed E-state index contributed by atoms with van der Waals surface area (Å²) in [5, 5.41) is 1.83. The van der Waals surface area contributed by atoms with E-state index in [9.17, 15) is 4.79 Å². The second kappa shape index (κ2) is 6.49. The number of piperidine rings is 1. The Morgan fingerprint density at radius 2 is 2.22 bits per heavy atom. The van der Waals surface area contributed by atoms with E-state index in [1.165, 1.54) is 24.2 Å². The summed E-state index contributed by atoms with van der Waals surface area (Å²) in [6.07, 6.45) is 6.05. The van der Waals surface area contributed by atoms with Gasteiger partial charge in [-0.25, -0.2) is 4.98 Å². The van der Waals surface area contributed by atoms with Crippen LogP contribution in [0.5, 0.6) is 0 Å². The molecule has 1 aliphatic carbocycles. The highest BCUT2D eigenvalue weighted by Gasteiger charge is 2.43. The highest BCUT2D eigenvalue weighted by molar-refractivity contribution is 7.07. The normalized spacial score (nSPS) is 26.8. The summed E-state index contributed by atoms with van der Waals surface area (Å²) in [6.45, 7) is 4.09. The van der Waals surface area contributed by atoms with Gasteiger partial charge in [0.15, 0.2) is 0 Å². The standard InChI is InChI=1S/C17H24N2O3S/c20-16(15-10-23-12-18-15)19-5-3-17(4-6-19)7-14(22-11-17)9-21-8-13-1-2-13/h10,12-14H,1-9,11H2. The number of aromatic nitrogens is 1. The van der Waals surface area contributed by atoms with E-state index in [0.717, 1.165) is 58.1 Å². The lowest BCUT2D eigenvalue weighted by Crippen LogP contribution is -2.43. The van der Waals surface area contributed by atoms with Crippen LogP contribution >= 0.6 is 11.3 Å². The summed E-state index contributed by atoms with van der Waals surface area (Å²) >= 11 is 1.47. The minimum absolute atomic E-state index is 0.0735. The highest BCUT2D eigenvalue weighted by atomic mass is 32.1. The maximum Gasteiger partial charge on any atom is 0.273 e. The number of nitrogens with zero attached hydrogens (tertiary/aromatic N) is 2. The fraction of sp³-hybridized carbons (Fsp3) is 0.765. The van der Waals surface area contributed by atoms with Gasteiger partial charge in [-0.2, -0.15) is 0 Å². The second-order valence-corrected chi connectivity index (χ2v) is 8.00. The van der Waals surface area contributed by atoms with Crippen LogP contribution in [-0.2, 0) is 9.47 Å². The Morgan fingerprint density at radius 1 is 1.39 bits per heavy atom. The van der Waals surface area contributed by atoms with E-state index in [1.54, 1.807) is 5.51 Å². The molecule has 1 aromatic heterocycles. The molecule has 1 aromatic rings. The number of ether oxygens (including phenoxy) is 2. The number of rotatable bonds is 5. The van der Waals surface area contributed by atoms with Gasteiger partial charge in [-0.3, -0.25) is 4.79 Å². The van der Waals surface area contributed by atoms with Crippen molar-refractivity contribution in [2.24, 2.45) is 11.3 Å². The van der Waals surface area contributed by atoms with Crippen LogP contribution in [0.15, 0.2) is 10.9 Å². The first-order valence-corrected chi connectivity index (χ1v) is 9.55. The average molecular weight is 336 g/mol. The smallest absolute Gasteiger partial charge is 0.273 e. The van der Waals surface area contributed by atoms with Crippen molar-refractivity contribution >= 4 is 17.2 Å². The molecule has 2 saturated heterocycles. The van der Waals surface area contributed by atoms with E-state index in [2.05, 4.69) is 4.98 Å². The van der Waals surface area contributed by atoms with Crippen molar-refractivity contribution in [3.63, 3.8) is 0 Å². The van der Waals surface area contributed by atoms with Crippen LogP contribution in [0.2, 0.25) is 0 Å². The number of amides is 1. The third-order valence-electron chi connectivity index (χ3n) is 5.40. The van der Waals surface area contributed by atoms with E-state index in [4.69, 9.17) is 9.47 Å². The molecule has 6 heteroatoms. The summed E-state index contributed by atoms with van der Waals surface area (Å²) in [5.41, 5.74) is 2.56. The van der Waals surface area contributed by atoms with E-state index in [1.807, 2.05) is 10.3 Å². The number of likely N-dealkylation sites (tertiary alicyclic amines) is 1. The number of carbonyl (C=O) groups excluding carboxylic acids is 1. The fourth-order valence-electron chi connectivity index (χ4n) is 3.67. The molecule has 3 aliphatic rings. The molecule has 1 saturated carbocycles. The molecular formula is C17H24N2O3S. The molecule has 0 aromatic carbocycles. The number of hydrogen-bond acceptors (Lipinski definition) is 5. The Morgan fingerprint density at radius 3 is 2.91 bits per heavy atom. The average Bonchev–Trinajstić information content (AvgIpc) is 3.08. The monoisotopic (exact) mass is 336 g/mol. The van der Waals surface area contributed by atoms with Gasteiger partial charge in [0.1, 0.15) is 5.69 Å². The lowest BCUT2D eigenvalue weighted by Gasteiger charge is -2.38. The Hall–Kier alpha value is -0.980. The molecule has 1 amide bonds. The van der Waals surface area contributed by atoms with Crippen LogP contribution in [0.25, 0.3) is 0 Å². The van der Waals surface area contributed by atoms with Crippen LogP contribution < -0.4 is 0 Å². The highest BCUT2D eigenvalue weighted by Crippen LogP contribution is 2.42. The zero-order chi connectivity index (χ0) is 15.7. The third-order valence-corrected chi connectivity index (χ3v) is 5.99. The van der Waals surface area contributed by atoms with Crippen LogP contribution in [0.3, 0.4) is 0 Å². The van der Waals surface area contributed by atoms with Crippen molar-refractivity contribution in [1.29, 1.82) is 0 Å². The van der Waals surface area contributed by atoms with Gasteiger partial charge in [0.2, 0.25) is 0 Å². The molecule has 0 radical (unpaired) electrons. The van der Waals surface area contributed by atoms with Crippen molar-refractivity contribution in [2.45, 2.75) is 38.2 Å². The zero-order valence-corrected chi connectivity index (χ0v) is 14.2. The SMILES string of the molecule is O=C(c1cscn1)N1CCC2(CC1)COC(COCC1CC1)C2. The molecule has 2 aliphatic heterocycles. The topological polar surface area (TPSA) is 51.7 Å². The van der Waals surface area contributed by atoms with E-state index < -0.39 is 0 Å². The molecule has 5 nitrogen and oxygen atoms in total. The molecule has 1 unspecified atom stereocenters. The minimum Gasteiger partial charge on any atom is -0.378 e. The van der Waals surface area contributed by atoms with Crippen molar-refractivity contribution in [2.75, 3.05) is 32.9 Å². The second-order valence-electron chi connectivity index (χ2n) is 7.28. The summed E-state index contributed by atoms with van der Waals surface area (Å²) in [5.74, 6) is 0.884. The molecule has 3 heterocycles. The predicted octanol–water partition coefficient (Wildman–Crippen LogP) is 2.58. The summed E-state index contributed by atoms with van der Waals surface area (Å²) < 4.78 is 11.8. The lowest BCUT2D eigenvalue weighted by atomic mass is 9.76. The quantitative estimate of drug-likeness (QED) is 0.829. The number of hydrogen-bond donors (Lipinski definition) is 0. The van der Waals surface area contributed by atoms with Crippen LogP contribution in [0, 0.1) is 11.3 Å². The van der Waals surface area contributed by atoms with E-state index in [0.29, 0.717) is 5.69 Å². The zero-order valence-electron chi connectivity index (χ0n) is 13.4. The van der Waals surface area contributed by atoms with Gasteiger partial charge in [0.05, 0.1) is 24.8 Å². The number of thiazole rings is 1. The van der Waals surface area contributed by atoms with E-state index >= 15 is 0 Å². The van der Waals surface area contributed by atoms with E-state index in [-0.39, 0.29) is 17.4 Å². The van der Waals surface area contributed by atoms with Crippen molar-refractivity contribution in [3.05, 3.63) is 16.6 Å².